The number of nitrogens with two attached hydrogens (primary N) is 1. The predicted molar refractivity (Wildman–Crippen MR) is 115 cm³/mol. The van der Waals surface area contributed by atoms with Gasteiger partial charge in [0, 0.05) is 36.6 Å². The number of amides is 1. The molecule has 0 bridgehead atoms. The lowest BCUT2D eigenvalue weighted by molar-refractivity contribution is -0.120. The Labute approximate surface area is 174 Å². The van der Waals surface area contributed by atoms with Crippen LogP contribution in [0.5, 0.6) is 0 Å². The third-order valence-corrected chi connectivity index (χ3v) is 5.92. The fraction of sp³-hybridized carbons (Fsp3) is 0.208. The Kier molecular flexibility index (Phi) is 4.47. The summed E-state index contributed by atoms with van der Waals surface area (Å²) in [7, 11) is 0. The second-order valence-corrected chi connectivity index (χ2v) is 7.75. The Morgan fingerprint density at radius 1 is 1.17 bits per heavy atom. The van der Waals surface area contributed by atoms with Crippen LogP contribution in [-0.4, -0.2) is 27.3 Å². The monoisotopic (exact) mass is 398 g/mol. The quantitative estimate of drug-likeness (QED) is 0.709. The molecule has 2 aliphatic rings. The molecule has 0 fully saturated rings. The van der Waals surface area contributed by atoms with Crippen LogP contribution in [0.2, 0.25) is 0 Å². The Balaban J connectivity index is 1.64. The van der Waals surface area contributed by atoms with E-state index < -0.39 is 12.0 Å². The van der Waals surface area contributed by atoms with Crippen molar-refractivity contribution in [3.05, 3.63) is 89.4 Å². The average Bonchev–Trinajstić information content (AvgIpc) is 2.98. The molecule has 30 heavy (non-hydrogen) atoms. The molecular weight excluding hydrogens is 376 g/mol. The molecule has 1 aromatic carbocycles. The first-order chi connectivity index (χ1) is 14.6. The Morgan fingerprint density at radius 2 is 2.00 bits per heavy atom. The Hall–Kier alpha value is -3.67. The van der Waals surface area contributed by atoms with E-state index in [4.69, 9.17) is 5.73 Å². The smallest absolute Gasteiger partial charge is 0.253 e. The van der Waals surface area contributed by atoms with Crippen molar-refractivity contribution in [1.29, 1.82) is 0 Å². The number of anilines is 1. The summed E-state index contributed by atoms with van der Waals surface area (Å²) in [6.45, 7) is 0.703. The molecule has 150 valence electrons. The second-order valence-electron chi connectivity index (χ2n) is 7.75. The van der Waals surface area contributed by atoms with Crippen LogP contribution in [0, 0.1) is 0 Å². The van der Waals surface area contributed by atoms with Crippen molar-refractivity contribution in [2.75, 3.05) is 5.73 Å². The van der Waals surface area contributed by atoms with E-state index in [1.807, 2.05) is 47.0 Å². The molecule has 0 saturated heterocycles. The van der Waals surface area contributed by atoms with Crippen molar-refractivity contribution in [3.63, 3.8) is 0 Å². The SMILES string of the molecule is Nc1cc2c3n1CCCC(=O)C3C(NC(=O)c1cccnc1)C=C2c1ccccc1. The molecule has 2 atom stereocenters. The number of ketones is 1. The summed E-state index contributed by atoms with van der Waals surface area (Å²) < 4.78 is 2.05. The van der Waals surface area contributed by atoms with Gasteiger partial charge in [-0.2, -0.15) is 0 Å². The summed E-state index contributed by atoms with van der Waals surface area (Å²) in [5.74, 6) is 0.0879. The number of Topliss-reactive ketones (excluding diaryl/α,β-unsaturated/α-hetero) is 1. The fourth-order valence-corrected chi connectivity index (χ4v) is 4.57. The topological polar surface area (TPSA) is 90.0 Å². The predicted octanol–water partition coefficient (Wildman–Crippen LogP) is 3.16. The number of aromatic nitrogens is 2. The Bertz CT molecular complexity index is 1150. The van der Waals surface area contributed by atoms with Gasteiger partial charge in [-0.25, -0.2) is 0 Å². The first-order valence-corrected chi connectivity index (χ1v) is 10.1. The van der Waals surface area contributed by atoms with E-state index in [9.17, 15) is 9.59 Å². The van der Waals surface area contributed by atoms with Gasteiger partial charge in [0.2, 0.25) is 0 Å². The molecule has 3 heterocycles. The maximum Gasteiger partial charge on any atom is 0.253 e. The van der Waals surface area contributed by atoms with E-state index in [0.717, 1.165) is 28.8 Å². The van der Waals surface area contributed by atoms with Gasteiger partial charge in [-0.1, -0.05) is 36.4 Å². The van der Waals surface area contributed by atoms with Gasteiger partial charge >= 0.3 is 0 Å². The van der Waals surface area contributed by atoms with Gasteiger partial charge in [0.1, 0.15) is 11.6 Å². The molecule has 2 aromatic heterocycles. The number of hydrogen-bond donors (Lipinski definition) is 2. The van der Waals surface area contributed by atoms with E-state index in [2.05, 4.69) is 10.3 Å². The summed E-state index contributed by atoms with van der Waals surface area (Å²) in [6.07, 6.45) is 6.37. The van der Waals surface area contributed by atoms with Gasteiger partial charge in [0.25, 0.3) is 5.91 Å². The fourth-order valence-electron chi connectivity index (χ4n) is 4.57. The van der Waals surface area contributed by atoms with Crippen molar-refractivity contribution in [2.45, 2.75) is 31.3 Å². The molecule has 5 rings (SSSR count). The van der Waals surface area contributed by atoms with Crippen molar-refractivity contribution in [3.8, 4) is 0 Å². The largest absolute Gasteiger partial charge is 0.385 e. The van der Waals surface area contributed by atoms with E-state index >= 15 is 0 Å². The molecule has 6 nitrogen and oxygen atoms in total. The molecule has 3 aromatic rings. The molecule has 1 aliphatic carbocycles. The second kappa shape index (κ2) is 7.30. The highest BCUT2D eigenvalue weighted by Gasteiger charge is 2.40. The number of nitrogens with zero attached hydrogens (tertiary/aromatic N) is 2. The minimum absolute atomic E-state index is 0.132. The van der Waals surface area contributed by atoms with Crippen LogP contribution in [0.15, 0.2) is 67.0 Å². The number of carbonyl (C=O) groups excluding carboxylic acids is 2. The van der Waals surface area contributed by atoms with Crippen LogP contribution >= 0.6 is 0 Å². The number of nitrogens with one attached hydrogen (secondary N) is 1. The highest BCUT2D eigenvalue weighted by molar-refractivity contribution is 5.98. The number of rotatable bonds is 3. The molecule has 0 saturated carbocycles. The van der Waals surface area contributed by atoms with Crippen LogP contribution in [0.1, 0.15) is 45.9 Å². The number of carbonyl (C=O) groups is 2. The van der Waals surface area contributed by atoms with Crippen LogP contribution in [0.25, 0.3) is 5.57 Å². The zero-order valence-electron chi connectivity index (χ0n) is 16.4. The molecular formula is C24H22N4O2. The van der Waals surface area contributed by atoms with Gasteiger partial charge in [-0.05, 0) is 35.8 Å². The molecule has 1 amide bonds. The van der Waals surface area contributed by atoms with Gasteiger partial charge in [0.05, 0.1) is 17.5 Å². The lowest BCUT2D eigenvalue weighted by Gasteiger charge is -2.31. The standard InChI is InChI=1S/C24H22N4O2/c25-21-13-18-17(15-6-2-1-3-7-15)12-19(27-24(30)16-8-4-10-26-14-16)22-20(29)9-5-11-28(21)23(18)22/h1-4,6-8,10,12-14,19,22H,5,9,11,25H2,(H,27,30). The molecule has 1 aliphatic heterocycles. The van der Waals surface area contributed by atoms with Crippen molar-refractivity contribution in [2.24, 2.45) is 0 Å². The van der Waals surface area contributed by atoms with Crippen molar-refractivity contribution < 1.29 is 9.59 Å². The Morgan fingerprint density at radius 3 is 2.77 bits per heavy atom. The van der Waals surface area contributed by atoms with Crippen molar-refractivity contribution >= 4 is 23.1 Å². The number of nitrogen functional groups attached to an aromatic ring is 1. The van der Waals surface area contributed by atoms with Gasteiger partial charge in [0.15, 0.2) is 0 Å². The molecule has 3 N–H and O–H groups in total. The molecule has 0 spiro atoms. The first-order valence-electron chi connectivity index (χ1n) is 10.1. The van der Waals surface area contributed by atoms with Crippen LogP contribution in [-0.2, 0) is 11.3 Å². The van der Waals surface area contributed by atoms with E-state index in [1.54, 1.807) is 18.3 Å². The summed E-state index contributed by atoms with van der Waals surface area (Å²) in [6, 6.07) is 14.9. The van der Waals surface area contributed by atoms with E-state index in [0.29, 0.717) is 24.3 Å². The summed E-state index contributed by atoms with van der Waals surface area (Å²) in [5, 5.41) is 3.08. The van der Waals surface area contributed by atoms with Crippen LogP contribution < -0.4 is 11.1 Å². The maximum atomic E-state index is 13.1. The lowest BCUT2D eigenvalue weighted by Crippen LogP contribution is -2.43. The normalized spacial score (nSPS) is 20.1. The zero-order valence-corrected chi connectivity index (χ0v) is 16.4. The third-order valence-electron chi connectivity index (χ3n) is 5.92. The highest BCUT2D eigenvalue weighted by atomic mass is 16.2. The minimum Gasteiger partial charge on any atom is -0.385 e. The van der Waals surface area contributed by atoms with Gasteiger partial charge in [-0.15, -0.1) is 0 Å². The highest BCUT2D eigenvalue weighted by Crippen LogP contribution is 2.43. The van der Waals surface area contributed by atoms with E-state index in [-0.39, 0.29) is 11.7 Å². The van der Waals surface area contributed by atoms with Gasteiger partial charge in [-0.3, -0.25) is 14.6 Å². The molecule has 2 unspecified atom stereocenters. The summed E-state index contributed by atoms with van der Waals surface area (Å²) >= 11 is 0. The summed E-state index contributed by atoms with van der Waals surface area (Å²) in [4.78, 5) is 30.1. The first kappa shape index (κ1) is 18.4. The van der Waals surface area contributed by atoms with Crippen molar-refractivity contribution in [1.82, 2.24) is 14.9 Å². The third kappa shape index (κ3) is 3.01. The molecule has 0 radical (unpaired) electrons. The zero-order chi connectivity index (χ0) is 20.7. The number of pyridine rings is 1. The van der Waals surface area contributed by atoms with Gasteiger partial charge < -0.3 is 15.6 Å². The lowest BCUT2D eigenvalue weighted by atomic mass is 9.79. The number of hydrogen-bond acceptors (Lipinski definition) is 4. The van der Waals surface area contributed by atoms with E-state index in [1.165, 1.54) is 6.20 Å². The number of benzene rings is 1. The summed E-state index contributed by atoms with van der Waals surface area (Å²) in [5.41, 5.74) is 10.7. The maximum absolute atomic E-state index is 13.1. The van der Waals surface area contributed by atoms with Crippen LogP contribution in [0.3, 0.4) is 0 Å². The van der Waals surface area contributed by atoms with Crippen LogP contribution in [0.4, 0.5) is 5.82 Å². The average molecular weight is 398 g/mol. The molecule has 6 heteroatoms. The minimum atomic E-state index is -0.459.